The smallest absolute Gasteiger partial charge is 0.169 e. The quantitative estimate of drug-likeness (QED) is 0.546. The van der Waals surface area contributed by atoms with E-state index in [1.54, 1.807) is 0 Å². The highest BCUT2D eigenvalue weighted by Gasteiger charge is 2.22. The molecule has 0 radical (unpaired) electrons. The van der Waals surface area contributed by atoms with Crippen LogP contribution >= 0.6 is 34.8 Å². The standard InChI is InChI=1S/C6H11Cl3O2/c7-3-1-2-4(8)5(9)6(10)11/h4-6,10-11H,1-3H2. The molecule has 0 rings (SSSR count). The lowest BCUT2D eigenvalue weighted by Gasteiger charge is -2.16. The zero-order valence-electron chi connectivity index (χ0n) is 5.88. The minimum atomic E-state index is -1.56. The fourth-order valence-corrected chi connectivity index (χ4v) is 1.18. The summed E-state index contributed by atoms with van der Waals surface area (Å²) in [5.41, 5.74) is 0. The summed E-state index contributed by atoms with van der Waals surface area (Å²) in [6.07, 6.45) is -0.239. The number of aliphatic hydroxyl groups is 2. The second-order valence-corrected chi connectivity index (χ2v) is 3.65. The van der Waals surface area contributed by atoms with E-state index in [4.69, 9.17) is 45.0 Å². The zero-order valence-corrected chi connectivity index (χ0v) is 8.15. The first-order chi connectivity index (χ1) is 5.09. The van der Waals surface area contributed by atoms with Crippen molar-refractivity contribution in [3.8, 4) is 0 Å². The molecule has 0 bridgehead atoms. The summed E-state index contributed by atoms with van der Waals surface area (Å²) in [5, 5.41) is 15.9. The van der Waals surface area contributed by atoms with Gasteiger partial charge in [-0.1, -0.05) is 0 Å². The summed E-state index contributed by atoms with van der Waals surface area (Å²) in [7, 11) is 0. The van der Waals surface area contributed by atoms with Crippen LogP contribution in [0.1, 0.15) is 12.8 Å². The summed E-state index contributed by atoms with van der Waals surface area (Å²) >= 11 is 16.6. The number of hydrogen-bond donors (Lipinski definition) is 2. The topological polar surface area (TPSA) is 40.5 Å². The maximum absolute atomic E-state index is 8.60. The van der Waals surface area contributed by atoms with Crippen LogP contribution < -0.4 is 0 Å². The third-order valence-corrected chi connectivity index (χ3v) is 2.66. The predicted octanol–water partition coefficient (Wildman–Crippen LogP) is 1.53. The highest BCUT2D eigenvalue weighted by Crippen LogP contribution is 2.17. The minimum Gasteiger partial charge on any atom is -0.367 e. The molecule has 0 aromatic heterocycles. The van der Waals surface area contributed by atoms with Gasteiger partial charge in [0.2, 0.25) is 0 Å². The van der Waals surface area contributed by atoms with Crippen LogP contribution in [0.3, 0.4) is 0 Å². The second kappa shape index (κ2) is 6.32. The molecule has 0 saturated carbocycles. The maximum Gasteiger partial charge on any atom is 0.169 e. The normalized spacial score (nSPS) is 16.9. The van der Waals surface area contributed by atoms with E-state index in [0.717, 1.165) is 6.42 Å². The molecule has 11 heavy (non-hydrogen) atoms. The molecule has 0 aliphatic heterocycles. The monoisotopic (exact) mass is 220 g/mol. The largest absolute Gasteiger partial charge is 0.367 e. The van der Waals surface area contributed by atoms with Gasteiger partial charge in [0.05, 0.1) is 5.38 Å². The van der Waals surface area contributed by atoms with Gasteiger partial charge in [0.25, 0.3) is 0 Å². The lowest BCUT2D eigenvalue weighted by atomic mass is 10.2. The molecule has 0 aromatic carbocycles. The van der Waals surface area contributed by atoms with Crippen LogP contribution in [0.15, 0.2) is 0 Å². The average Bonchev–Trinajstić information content (AvgIpc) is 1.98. The summed E-state index contributed by atoms with van der Waals surface area (Å²) in [4.78, 5) is 0. The van der Waals surface area contributed by atoms with Crippen LogP contribution in [0.2, 0.25) is 0 Å². The van der Waals surface area contributed by atoms with Gasteiger partial charge in [-0.3, -0.25) is 0 Å². The molecule has 68 valence electrons. The van der Waals surface area contributed by atoms with Crippen LogP contribution in [-0.2, 0) is 0 Å². The molecular formula is C6H11Cl3O2. The Hall–Kier alpha value is 0.790. The van der Waals surface area contributed by atoms with Crippen molar-refractivity contribution in [2.45, 2.75) is 29.9 Å². The van der Waals surface area contributed by atoms with Gasteiger partial charge < -0.3 is 10.2 Å². The van der Waals surface area contributed by atoms with E-state index in [1.807, 2.05) is 0 Å². The van der Waals surface area contributed by atoms with Crippen molar-refractivity contribution in [2.75, 3.05) is 5.88 Å². The van der Waals surface area contributed by atoms with Gasteiger partial charge >= 0.3 is 0 Å². The number of halogens is 3. The zero-order chi connectivity index (χ0) is 8.85. The number of rotatable bonds is 5. The Labute approximate surface area is 81.1 Å². The Bertz CT molecular complexity index is 99.8. The maximum atomic E-state index is 8.60. The summed E-state index contributed by atoms with van der Waals surface area (Å²) in [6.45, 7) is 0. The van der Waals surface area contributed by atoms with E-state index in [1.165, 1.54) is 0 Å². The van der Waals surface area contributed by atoms with Gasteiger partial charge in [-0.15, -0.1) is 34.8 Å². The van der Waals surface area contributed by atoms with E-state index < -0.39 is 17.0 Å². The van der Waals surface area contributed by atoms with Crippen LogP contribution in [-0.4, -0.2) is 33.1 Å². The van der Waals surface area contributed by atoms with E-state index in [2.05, 4.69) is 0 Å². The number of alkyl halides is 3. The molecule has 2 nitrogen and oxygen atoms in total. The Morgan fingerprint density at radius 1 is 1.18 bits per heavy atom. The van der Waals surface area contributed by atoms with Crippen LogP contribution in [0.4, 0.5) is 0 Å². The molecule has 0 saturated heterocycles. The Morgan fingerprint density at radius 3 is 2.09 bits per heavy atom. The van der Waals surface area contributed by atoms with E-state index in [9.17, 15) is 0 Å². The van der Waals surface area contributed by atoms with Crippen molar-refractivity contribution in [2.24, 2.45) is 0 Å². The SMILES string of the molecule is OC(O)C(Cl)C(Cl)CCCCl. The third kappa shape index (κ3) is 5.10. The molecule has 0 amide bonds. The predicted molar refractivity (Wildman–Crippen MR) is 47.5 cm³/mol. The Morgan fingerprint density at radius 2 is 1.73 bits per heavy atom. The van der Waals surface area contributed by atoms with E-state index >= 15 is 0 Å². The third-order valence-electron chi connectivity index (χ3n) is 1.24. The molecule has 0 heterocycles. The summed E-state index contributed by atoms with van der Waals surface area (Å²) in [5.74, 6) is 0.508. The molecule has 2 atom stereocenters. The van der Waals surface area contributed by atoms with Crippen LogP contribution in [0.5, 0.6) is 0 Å². The van der Waals surface area contributed by atoms with Crippen molar-refractivity contribution in [3.63, 3.8) is 0 Å². The first kappa shape index (κ1) is 11.8. The van der Waals surface area contributed by atoms with Gasteiger partial charge in [-0.05, 0) is 12.8 Å². The molecule has 0 aromatic rings. The molecule has 2 unspecified atom stereocenters. The molecule has 5 heteroatoms. The summed E-state index contributed by atoms with van der Waals surface area (Å²) < 4.78 is 0. The Kier molecular flexibility index (Phi) is 6.78. The number of hydrogen-bond acceptors (Lipinski definition) is 2. The molecule has 0 fully saturated rings. The first-order valence-corrected chi connectivity index (χ1v) is 4.70. The molecular weight excluding hydrogens is 210 g/mol. The number of aliphatic hydroxyl groups excluding tert-OH is 1. The molecule has 0 aliphatic rings. The van der Waals surface area contributed by atoms with Crippen LogP contribution in [0, 0.1) is 0 Å². The molecule has 0 spiro atoms. The van der Waals surface area contributed by atoms with Gasteiger partial charge in [0, 0.05) is 5.88 Å². The van der Waals surface area contributed by atoms with Gasteiger partial charge in [-0.2, -0.15) is 0 Å². The van der Waals surface area contributed by atoms with Crippen molar-refractivity contribution in [1.82, 2.24) is 0 Å². The lowest BCUT2D eigenvalue weighted by molar-refractivity contribution is -0.0424. The first-order valence-electron chi connectivity index (χ1n) is 3.30. The Balaban J connectivity index is 3.55. The second-order valence-electron chi connectivity index (χ2n) is 2.21. The van der Waals surface area contributed by atoms with Crippen LogP contribution in [0.25, 0.3) is 0 Å². The van der Waals surface area contributed by atoms with Gasteiger partial charge in [-0.25, -0.2) is 0 Å². The summed E-state index contributed by atoms with van der Waals surface area (Å²) in [6, 6.07) is 0. The van der Waals surface area contributed by atoms with E-state index in [0.29, 0.717) is 12.3 Å². The van der Waals surface area contributed by atoms with Crippen molar-refractivity contribution in [1.29, 1.82) is 0 Å². The van der Waals surface area contributed by atoms with E-state index in [-0.39, 0.29) is 0 Å². The van der Waals surface area contributed by atoms with Crippen molar-refractivity contribution in [3.05, 3.63) is 0 Å². The highest BCUT2D eigenvalue weighted by atomic mass is 35.5. The fourth-order valence-electron chi connectivity index (χ4n) is 0.618. The fraction of sp³-hybridized carbons (Fsp3) is 1.00. The molecule has 2 N–H and O–H groups in total. The lowest BCUT2D eigenvalue weighted by Crippen LogP contribution is -2.29. The van der Waals surface area contributed by atoms with Crippen molar-refractivity contribution >= 4 is 34.8 Å². The molecule has 0 aliphatic carbocycles. The van der Waals surface area contributed by atoms with Gasteiger partial charge in [0.1, 0.15) is 5.38 Å². The highest BCUT2D eigenvalue weighted by molar-refractivity contribution is 6.30. The van der Waals surface area contributed by atoms with Crippen molar-refractivity contribution < 1.29 is 10.2 Å². The van der Waals surface area contributed by atoms with Gasteiger partial charge in [0.15, 0.2) is 6.29 Å². The average molecular weight is 222 g/mol. The minimum absolute atomic E-state index is 0.435.